The zero-order valence-electron chi connectivity index (χ0n) is 16.8. The van der Waals surface area contributed by atoms with Crippen molar-refractivity contribution in [3.05, 3.63) is 41.5 Å². The molecule has 2 aromatic rings. The van der Waals surface area contributed by atoms with Gasteiger partial charge in [0.05, 0.1) is 6.61 Å². The van der Waals surface area contributed by atoms with E-state index in [1.807, 2.05) is 0 Å². The molecule has 1 fully saturated rings. The van der Waals surface area contributed by atoms with Crippen LogP contribution in [0.3, 0.4) is 0 Å². The second-order valence-electron chi connectivity index (χ2n) is 7.78. The quantitative estimate of drug-likeness (QED) is 0.256. The second kappa shape index (κ2) is 8.67. The number of Topliss-reactive ketones (excluding diaryl/α,β-unsaturated/α-hetero) is 1. The first-order valence-corrected chi connectivity index (χ1v) is 9.86. The van der Waals surface area contributed by atoms with E-state index in [1.54, 1.807) is 0 Å². The van der Waals surface area contributed by atoms with Crippen LogP contribution in [0.2, 0.25) is 0 Å². The molecule has 0 radical (unpaired) electrons. The van der Waals surface area contributed by atoms with E-state index in [-0.39, 0.29) is 22.6 Å². The van der Waals surface area contributed by atoms with Crippen LogP contribution in [0, 0.1) is 0 Å². The summed E-state index contributed by atoms with van der Waals surface area (Å²) >= 11 is 0. The molecular weight excluding hydrogens is 444 g/mol. The van der Waals surface area contributed by atoms with E-state index in [9.17, 15) is 45.6 Å². The molecule has 178 valence electrons. The normalized spacial score (nSPS) is 31.6. The molecule has 0 aromatic heterocycles. The minimum Gasteiger partial charge on any atom is -0.508 e. The van der Waals surface area contributed by atoms with E-state index in [1.165, 1.54) is 6.07 Å². The molecule has 2 heterocycles. The third kappa shape index (κ3) is 4.15. The third-order valence-electron chi connectivity index (χ3n) is 5.56. The molecule has 4 rings (SSSR count). The number of ketones is 1. The van der Waals surface area contributed by atoms with Crippen LogP contribution in [0.15, 0.2) is 30.3 Å². The van der Waals surface area contributed by atoms with Gasteiger partial charge >= 0.3 is 0 Å². The summed E-state index contributed by atoms with van der Waals surface area (Å²) in [6.45, 7) is -0.545. The molecule has 2 aliphatic heterocycles. The number of phenolic OH excluding ortho intramolecular Hbond substituents is 4. The van der Waals surface area contributed by atoms with E-state index < -0.39 is 72.6 Å². The first-order valence-electron chi connectivity index (χ1n) is 9.86. The number of fused-ring (bicyclic) bond motifs is 1. The lowest BCUT2D eigenvalue weighted by Gasteiger charge is -2.39. The molecule has 7 atom stereocenters. The standard InChI is InChI=1S/C21H22O12/c22-8-4-11(25)14-12(5-8)32-19(7-1-2-9(23)10(24)3-7)20(16(14)27)31-6-13-15(26)17(28)18(29)21(30)33-13/h1-5,13,15,17-26,28-30H,6H2/t13-,15-,17+,18-,19-,20+,21-/m1/s1. The highest BCUT2D eigenvalue weighted by Gasteiger charge is 2.46. The fourth-order valence-electron chi connectivity index (χ4n) is 3.80. The molecule has 0 aliphatic carbocycles. The van der Waals surface area contributed by atoms with Gasteiger partial charge in [0, 0.05) is 12.1 Å². The van der Waals surface area contributed by atoms with Crippen LogP contribution in [-0.2, 0) is 9.47 Å². The van der Waals surface area contributed by atoms with Crippen LogP contribution in [0.25, 0.3) is 0 Å². The highest BCUT2D eigenvalue weighted by molar-refractivity contribution is 6.05. The molecule has 0 unspecified atom stereocenters. The Morgan fingerprint density at radius 1 is 0.848 bits per heavy atom. The molecule has 0 bridgehead atoms. The predicted octanol–water partition coefficient (Wildman–Crippen LogP) is -0.990. The van der Waals surface area contributed by atoms with Crippen LogP contribution in [0.4, 0.5) is 0 Å². The monoisotopic (exact) mass is 466 g/mol. The summed E-state index contributed by atoms with van der Waals surface area (Å²) in [5.41, 5.74) is -0.0876. The van der Waals surface area contributed by atoms with Crippen molar-refractivity contribution in [2.24, 2.45) is 0 Å². The SMILES string of the molecule is O=C1c2c(O)cc(O)cc2O[C@H](c2ccc(O)c(O)c2)[C@H]1OC[C@H]1O[C@@H](O)[C@H](O)[C@@H](O)[C@@H]1O. The number of aromatic hydroxyl groups is 4. The van der Waals surface area contributed by atoms with Gasteiger partial charge in [-0.05, 0) is 17.7 Å². The van der Waals surface area contributed by atoms with Crippen molar-refractivity contribution in [2.45, 2.75) is 42.9 Å². The summed E-state index contributed by atoms with van der Waals surface area (Å²) < 4.78 is 16.5. The second-order valence-corrected chi connectivity index (χ2v) is 7.78. The Morgan fingerprint density at radius 2 is 1.58 bits per heavy atom. The number of aliphatic hydroxyl groups is 4. The van der Waals surface area contributed by atoms with Gasteiger partial charge in [-0.3, -0.25) is 4.79 Å². The van der Waals surface area contributed by atoms with Crippen molar-refractivity contribution in [1.29, 1.82) is 0 Å². The molecule has 2 aromatic carbocycles. The van der Waals surface area contributed by atoms with Crippen molar-refractivity contribution >= 4 is 5.78 Å². The fourth-order valence-corrected chi connectivity index (χ4v) is 3.80. The van der Waals surface area contributed by atoms with Gasteiger partial charge in [-0.25, -0.2) is 0 Å². The summed E-state index contributed by atoms with van der Waals surface area (Å²) in [7, 11) is 0. The smallest absolute Gasteiger partial charge is 0.203 e. The van der Waals surface area contributed by atoms with Gasteiger partial charge in [-0.15, -0.1) is 0 Å². The van der Waals surface area contributed by atoms with E-state index in [0.29, 0.717) is 0 Å². The van der Waals surface area contributed by atoms with Crippen molar-refractivity contribution in [2.75, 3.05) is 6.61 Å². The number of carbonyl (C=O) groups excluding carboxylic acids is 1. The number of hydrogen-bond acceptors (Lipinski definition) is 12. The number of phenols is 4. The molecule has 12 heteroatoms. The van der Waals surface area contributed by atoms with Crippen LogP contribution >= 0.6 is 0 Å². The average Bonchev–Trinajstić information content (AvgIpc) is 2.76. The summed E-state index contributed by atoms with van der Waals surface area (Å²) in [5.74, 6) is -2.78. The summed E-state index contributed by atoms with van der Waals surface area (Å²) in [6, 6.07) is 5.69. The average molecular weight is 466 g/mol. The topological polar surface area (TPSA) is 207 Å². The summed E-state index contributed by atoms with van der Waals surface area (Å²) in [6.07, 6.45) is -11.0. The van der Waals surface area contributed by atoms with Crippen LogP contribution in [0.1, 0.15) is 22.0 Å². The zero-order valence-corrected chi connectivity index (χ0v) is 16.8. The molecule has 12 nitrogen and oxygen atoms in total. The number of ether oxygens (including phenoxy) is 3. The van der Waals surface area contributed by atoms with Crippen molar-refractivity contribution in [3.8, 4) is 28.7 Å². The van der Waals surface area contributed by atoms with E-state index in [2.05, 4.69) is 0 Å². The Labute approximate surface area is 186 Å². The number of benzene rings is 2. The van der Waals surface area contributed by atoms with Crippen LogP contribution < -0.4 is 4.74 Å². The Hall–Kier alpha value is -3.13. The van der Waals surface area contributed by atoms with Crippen molar-refractivity contribution in [3.63, 3.8) is 0 Å². The highest BCUT2D eigenvalue weighted by Crippen LogP contribution is 2.44. The molecule has 0 amide bonds. The van der Waals surface area contributed by atoms with Gasteiger partial charge in [-0.2, -0.15) is 0 Å². The Morgan fingerprint density at radius 3 is 2.27 bits per heavy atom. The first kappa shape index (κ1) is 23.0. The van der Waals surface area contributed by atoms with Crippen molar-refractivity contribution < 1.29 is 59.9 Å². The first-order chi connectivity index (χ1) is 15.6. The maximum Gasteiger partial charge on any atom is 0.203 e. The van der Waals surface area contributed by atoms with Crippen molar-refractivity contribution in [1.82, 2.24) is 0 Å². The lowest BCUT2D eigenvalue weighted by Crippen LogP contribution is -2.59. The van der Waals surface area contributed by atoms with Gasteiger partial charge in [0.25, 0.3) is 0 Å². The summed E-state index contributed by atoms with van der Waals surface area (Å²) in [5, 5.41) is 78.7. The van der Waals surface area contributed by atoms with E-state index in [4.69, 9.17) is 14.2 Å². The molecule has 0 saturated carbocycles. The summed E-state index contributed by atoms with van der Waals surface area (Å²) in [4.78, 5) is 13.2. The van der Waals surface area contributed by atoms with Gasteiger partial charge < -0.3 is 55.1 Å². The van der Waals surface area contributed by atoms with Gasteiger partial charge in [0.2, 0.25) is 5.78 Å². The maximum atomic E-state index is 13.2. The Kier molecular flexibility index (Phi) is 6.05. The molecule has 8 N–H and O–H groups in total. The fraction of sp³-hybridized carbons (Fsp3) is 0.381. The largest absolute Gasteiger partial charge is 0.508 e. The molecule has 1 saturated heterocycles. The Balaban J connectivity index is 1.66. The van der Waals surface area contributed by atoms with Gasteiger partial charge in [-0.1, -0.05) is 6.07 Å². The number of rotatable bonds is 4. The molecular formula is C21H22O12. The number of aliphatic hydroxyl groups excluding tert-OH is 4. The number of hydrogen-bond donors (Lipinski definition) is 8. The van der Waals surface area contributed by atoms with Gasteiger partial charge in [0.15, 0.2) is 30.0 Å². The lowest BCUT2D eigenvalue weighted by atomic mass is 9.92. The highest BCUT2D eigenvalue weighted by atomic mass is 16.6. The lowest BCUT2D eigenvalue weighted by molar-refractivity contribution is -0.290. The third-order valence-corrected chi connectivity index (χ3v) is 5.56. The molecule has 2 aliphatic rings. The predicted molar refractivity (Wildman–Crippen MR) is 106 cm³/mol. The van der Waals surface area contributed by atoms with Crippen LogP contribution in [-0.4, -0.2) is 90.1 Å². The van der Waals surface area contributed by atoms with Gasteiger partial charge in [0.1, 0.15) is 47.2 Å². The zero-order chi connectivity index (χ0) is 24.0. The number of carbonyl (C=O) groups is 1. The Bertz CT molecular complexity index is 1060. The maximum absolute atomic E-state index is 13.2. The van der Waals surface area contributed by atoms with Crippen LogP contribution in [0.5, 0.6) is 28.7 Å². The van der Waals surface area contributed by atoms with E-state index >= 15 is 0 Å². The van der Waals surface area contributed by atoms with E-state index in [0.717, 1.165) is 24.3 Å². The molecule has 33 heavy (non-hydrogen) atoms. The minimum absolute atomic E-state index is 0.155. The minimum atomic E-state index is -1.81. The molecule has 0 spiro atoms.